The molecular weight excluding hydrogens is 343 g/mol. The van der Waals surface area contributed by atoms with Gasteiger partial charge in [0.1, 0.15) is 11.6 Å². The van der Waals surface area contributed by atoms with E-state index >= 15 is 0 Å². The largest absolute Gasteiger partial charge is 0.383 e. The molecule has 0 saturated carbocycles. The van der Waals surface area contributed by atoms with E-state index in [0.717, 1.165) is 12.1 Å². The molecule has 1 aromatic carbocycles. The number of carbonyl (C=O) groups is 1. The van der Waals surface area contributed by atoms with Gasteiger partial charge >= 0.3 is 0 Å². The van der Waals surface area contributed by atoms with E-state index in [0.29, 0.717) is 11.8 Å². The molecule has 1 N–H and O–H groups in total. The van der Waals surface area contributed by atoms with Crippen molar-refractivity contribution >= 4 is 33.4 Å². The molecule has 106 valence electrons. The summed E-state index contributed by atoms with van der Waals surface area (Å²) in [6.45, 7) is 0.287. The van der Waals surface area contributed by atoms with Gasteiger partial charge in [-0.3, -0.25) is 4.79 Å². The van der Waals surface area contributed by atoms with Gasteiger partial charge in [-0.05, 0) is 18.6 Å². The van der Waals surface area contributed by atoms with E-state index in [2.05, 4.69) is 21.2 Å². The highest BCUT2D eigenvalue weighted by Gasteiger charge is 2.18. The molecule has 0 aliphatic heterocycles. The summed E-state index contributed by atoms with van der Waals surface area (Å²) in [4.78, 5) is 11.9. The Kier molecular flexibility index (Phi) is 6.68. The number of ether oxygens (including phenoxy) is 1. The average molecular weight is 357 g/mol. The van der Waals surface area contributed by atoms with Gasteiger partial charge in [-0.2, -0.15) is 0 Å². The van der Waals surface area contributed by atoms with Gasteiger partial charge in [-0.15, -0.1) is 0 Å². The maximum Gasteiger partial charge on any atom is 0.254 e. The molecule has 1 aromatic rings. The molecule has 0 radical (unpaired) electrons. The second kappa shape index (κ2) is 7.77. The van der Waals surface area contributed by atoms with E-state index in [1.807, 2.05) is 0 Å². The highest BCUT2D eigenvalue weighted by atomic mass is 79.9. The first kappa shape index (κ1) is 16.3. The Balaban J connectivity index is 2.84. The average Bonchev–Trinajstić information content (AvgIpc) is 2.34. The fourth-order valence-corrected chi connectivity index (χ4v) is 2.19. The lowest BCUT2D eigenvalue weighted by molar-refractivity contribution is 0.0891. The monoisotopic (exact) mass is 355 g/mol. The van der Waals surface area contributed by atoms with E-state index < -0.39 is 17.5 Å². The van der Waals surface area contributed by atoms with Crippen molar-refractivity contribution in [2.75, 3.05) is 19.0 Å². The summed E-state index contributed by atoms with van der Waals surface area (Å²) in [6, 6.07) is 1.28. The summed E-state index contributed by atoms with van der Waals surface area (Å²) >= 11 is 8.67. The summed E-state index contributed by atoms with van der Waals surface area (Å²) < 4.78 is 31.7. The second-order valence-corrected chi connectivity index (χ2v) is 5.05. The first-order valence-corrected chi connectivity index (χ1v) is 6.99. The van der Waals surface area contributed by atoms with E-state index in [4.69, 9.17) is 16.3 Å². The number of hydrogen-bond donors (Lipinski definition) is 1. The second-order valence-electron chi connectivity index (χ2n) is 3.85. The van der Waals surface area contributed by atoms with Crippen molar-refractivity contribution in [1.82, 2.24) is 5.32 Å². The summed E-state index contributed by atoms with van der Waals surface area (Å²) in [5.41, 5.74) is -0.377. The number of rotatable bonds is 6. The summed E-state index contributed by atoms with van der Waals surface area (Å²) in [6.07, 6.45) is 0.608. The van der Waals surface area contributed by atoms with Crippen LogP contribution in [0.3, 0.4) is 0 Å². The first-order valence-electron chi connectivity index (χ1n) is 5.50. The molecule has 3 nitrogen and oxygen atoms in total. The fourth-order valence-electron chi connectivity index (χ4n) is 1.49. The molecule has 0 bridgehead atoms. The third kappa shape index (κ3) is 4.71. The van der Waals surface area contributed by atoms with Crippen LogP contribution in [0.1, 0.15) is 16.8 Å². The van der Waals surface area contributed by atoms with Gasteiger partial charge in [0, 0.05) is 12.4 Å². The molecule has 0 saturated heterocycles. The zero-order chi connectivity index (χ0) is 14.4. The lowest BCUT2D eigenvalue weighted by atomic mass is 10.1. The van der Waals surface area contributed by atoms with Gasteiger partial charge in [0.2, 0.25) is 0 Å². The van der Waals surface area contributed by atoms with Gasteiger partial charge in [-0.25, -0.2) is 8.78 Å². The SMILES string of the molecule is COCC(CCBr)NC(=O)c1cc(F)c(Cl)cc1F. The molecule has 1 amide bonds. The molecule has 0 heterocycles. The zero-order valence-electron chi connectivity index (χ0n) is 10.2. The van der Waals surface area contributed by atoms with Crippen LogP contribution >= 0.6 is 27.5 Å². The van der Waals surface area contributed by atoms with Crippen molar-refractivity contribution in [1.29, 1.82) is 0 Å². The Morgan fingerprint density at radius 2 is 2.16 bits per heavy atom. The van der Waals surface area contributed by atoms with Crippen LogP contribution in [-0.2, 0) is 4.74 Å². The maximum atomic E-state index is 13.6. The Bertz CT molecular complexity index is 454. The minimum absolute atomic E-state index is 0.282. The third-order valence-corrected chi connectivity index (χ3v) is 3.16. The number of amides is 1. The number of halogens is 4. The van der Waals surface area contributed by atoms with Crippen molar-refractivity contribution in [2.45, 2.75) is 12.5 Å². The van der Waals surface area contributed by atoms with E-state index in [1.54, 1.807) is 0 Å². The molecular formula is C12H13BrClF2NO2. The molecule has 0 aliphatic rings. The molecule has 0 aromatic heterocycles. The molecule has 0 aliphatic carbocycles. The van der Waals surface area contributed by atoms with Gasteiger partial charge in [0.05, 0.1) is 23.2 Å². The van der Waals surface area contributed by atoms with Crippen LogP contribution in [0.15, 0.2) is 12.1 Å². The van der Waals surface area contributed by atoms with Crippen LogP contribution in [-0.4, -0.2) is 31.0 Å². The number of alkyl halides is 1. The molecule has 1 unspecified atom stereocenters. The summed E-state index contributed by atoms with van der Waals surface area (Å²) in [5.74, 6) is -2.40. The number of nitrogens with one attached hydrogen (secondary N) is 1. The number of hydrogen-bond acceptors (Lipinski definition) is 2. The van der Waals surface area contributed by atoms with Crippen LogP contribution in [0.5, 0.6) is 0 Å². The lowest BCUT2D eigenvalue weighted by Crippen LogP contribution is -2.38. The van der Waals surface area contributed by atoms with Gasteiger partial charge in [0.15, 0.2) is 0 Å². The van der Waals surface area contributed by atoms with E-state index in [9.17, 15) is 13.6 Å². The van der Waals surface area contributed by atoms with E-state index in [1.165, 1.54) is 7.11 Å². The first-order chi connectivity index (χ1) is 8.99. The quantitative estimate of drug-likeness (QED) is 0.628. The number of carbonyl (C=O) groups excluding carboxylic acids is 1. The predicted octanol–water partition coefficient (Wildman–Crippen LogP) is 3.15. The zero-order valence-corrected chi connectivity index (χ0v) is 12.5. The van der Waals surface area contributed by atoms with Crippen LogP contribution in [0.25, 0.3) is 0 Å². The third-order valence-electron chi connectivity index (χ3n) is 2.42. The fraction of sp³-hybridized carbons (Fsp3) is 0.417. The Morgan fingerprint density at radius 3 is 2.74 bits per heavy atom. The van der Waals surface area contributed by atoms with Gasteiger partial charge < -0.3 is 10.1 Å². The molecule has 19 heavy (non-hydrogen) atoms. The lowest BCUT2D eigenvalue weighted by Gasteiger charge is -2.17. The van der Waals surface area contributed by atoms with Crippen LogP contribution in [0.4, 0.5) is 8.78 Å². The molecule has 0 fully saturated rings. The van der Waals surface area contributed by atoms with E-state index in [-0.39, 0.29) is 23.2 Å². The van der Waals surface area contributed by atoms with Crippen LogP contribution in [0, 0.1) is 11.6 Å². The molecule has 7 heteroatoms. The van der Waals surface area contributed by atoms with Crippen LogP contribution in [0.2, 0.25) is 5.02 Å². The van der Waals surface area contributed by atoms with Crippen molar-refractivity contribution in [2.24, 2.45) is 0 Å². The predicted molar refractivity (Wildman–Crippen MR) is 72.9 cm³/mol. The molecule has 1 atom stereocenters. The van der Waals surface area contributed by atoms with Gasteiger partial charge in [0.25, 0.3) is 5.91 Å². The topological polar surface area (TPSA) is 38.3 Å². The summed E-state index contributed by atoms with van der Waals surface area (Å²) in [7, 11) is 1.50. The minimum Gasteiger partial charge on any atom is -0.383 e. The smallest absolute Gasteiger partial charge is 0.254 e. The Labute approximate surface area is 123 Å². The Morgan fingerprint density at radius 1 is 1.47 bits per heavy atom. The number of methoxy groups -OCH3 is 1. The highest BCUT2D eigenvalue weighted by Crippen LogP contribution is 2.19. The van der Waals surface area contributed by atoms with Crippen molar-refractivity contribution in [3.63, 3.8) is 0 Å². The van der Waals surface area contributed by atoms with Gasteiger partial charge in [-0.1, -0.05) is 27.5 Å². The normalized spacial score (nSPS) is 12.3. The minimum atomic E-state index is -0.862. The number of benzene rings is 1. The van der Waals surface area contributed by atoms with Crippen molar-refractivity contribution in [3.05, 3.63) is 34.4 Å². The van der Waals surface area contributed by atoms with Crippen molar-refractivity contribution < 1.29 is 18.3 Å². The Hall–Kier alpha value is -0.720. The molecule has 0 spiro atoms. The van der Waals surface area contributed by atoms with Crippen LogP contribution < -0.4 is 5.32 Å². The van der Waals surface area contributed by atoms with Crippen molar-refractivity contribution in [3.8, 4) is 0 Å². The summed E-state index contributed by atoms with van der Waals surface area (Å²) in [5, 5.41) is 2.87. The maximum absolute atomic E-state index is 13.6. The molecule has 1 rings (SSSR count). The highest BCUT2D eigenvalue weighted by molar-refractivity contribution is 9.09. The standard InChI is InChI=1S/C12H13BrClF2NO2/c1-19-6-7(2-3-13)17-12(18)8-4-11(16)9(14)5-10(8)15/h4-5,7H,2-3,6H2,1H3,(H,17,18).